The normalized spacial score (nSPS) is 15.5. The van der Waals surface area contributed by atoms with Crippen LogP contribution in [0.3, 0.4) is 0 Å². The summed E-state index contributed by atoms with van der Waals surface area (Å²) in [6.07, 6.45) is 0. The Labute approximate surface area is 101 Å². The van der Waals surface area contributed by atoms with Crippen LogP contribution in [-0.2, 0) is 7.49 Å². The molecule has 2 nitrogen and oxygen atoms in total. The molecule has 0 spiro atoms. The van der Waals surface area contributed by atoms with E-state index in [0.29, 0.717) is 0 Å². The van der Waals surface area contributed by atoms with Gasteiger partial charge < -0.3 is 0 Å². The van der Waals surface area contributed by atoms with Crippen molar-refractivity contribution in [3.63, 3.8) is 0 Å². The van der Waals surface area contributed by atoms with Crippen molar-refractivity contribution < 1.29 is 7.49 Å². The molecule has 0 aromatic heterocycles. The summed E-state index contributed by atoms with van der Waals surface area (Å²) in [6.45, 7) is 12.7. The average Bonchev–Trinajstić information content (AvgIpc) is 1.78. The number of hydrogen-bond acceptors (Lipinski definition) is 2. The SMILES string of the molecule is CC(C)(C)O[SiH2]I(I)OC(C)(C)C. The van der Waals surface area contributed by atoms with Crippen molar-refractivity contribution in [1.29, 1.82) is 0 Å². The zero-order chi connectivity index (χ0) is 10.7. The first-order valence-corrected chi connectivity index (χ1v) is 17.1. The van der Waals surface area contributed by atoms with E-state index >= 15 is 0 Å². The zero-order valence-electron chi connectivity index (χ0n) is 9.28. The molecule has 82 valence electrons. The van der Waals surface area contributed by atoms with E-state index in [0.717, 1.165) is 0 Å². The van der Waals surface area contributed by atoms with Gasteiger partial charge in [0.05, 0.1) is 0 Å². The second-order valence-electron chi connectivity index (χ2n) is 4.82. The van der Waals surface area contributed by atoms with E-state index in [9.17, 15) is 0 Å². The Morgan fingerprint density at radius 1 is 1.00 bits per heavy atom. The molecule has 0 radical (unpaired) electrons. The second kappa shape index (κ2) is 5.62. The van der Waals surface area contributed by atoms with Crippen LogP contribution in [0, 0.1) is 0 Å². The molecule has 0 N–H and O–H groups in total. The van der Waals surface area contributed by atoms with Crippen molar-refractivity contribution >= 4 is 41.3 Å². The summed E-state index contributed by atoms with van der Waals surface area (Å²) in [5.41, 5.74) is 0.0364. The van der Waals surface area contributed by atoms with Gasteiger partial charge in [-0.3, -0.25) is 0 Å². The molecular formula is C8H20I2O2Si. The van der Waals surface area contributed by atoms with E-state index in [-0.39, 0.29) is 11.2 Å². The summed E-state index contributed by atoms with van der Waals surface area (Å²) in [5.74, 6) is 0. The van der Waals surface area contributed by atoms with Crippen LogP contribution in [0.4, 0.5) is 0 Å². The van der Waals surface area contributed by atoms with E-state index in [2.05, 4.69) is 60.2 Å². The fraction of sp³-hybridized carbons (Fsp3) is 1.00. The predicted molar refractivity (Wildman–Crippen MR) is 78.3 cm³/mol. The Bertz CT molecular complexity index is 151. The Balaban J connectivity index is 3.70. The van der Waals surface area contributed by atoms with Gasteiger partial charge in [0.2, 0.25) is 0 Å². The van der Waals surface area contributed by atoms with Crippen LogP contribution in [0.5, 0.6) is 0 Å². The van der Waals surface area contributed by atoms with E-state index in [4.69, 9.17) is 7.49 Å². The van der Waals surface area contributed by atoms with Crippen molar-refractivity contribution in [2.45, 2.75) is 52.7 Å². The van der Waals surface area contributed by atoms with Crippen LogP contribution in [0.15, 0.2) is 0 Å². The molecule has 0 amide bonds. The topological polar surface area (TPSA) is 18.5 Å². The minimum absolute atomic E-state index is 0.0142. The molecule has 0 rings (SSSR count). The van der Waals surface area contributed by atoms with E-state index in [1.807, 2.05) is 0 Å². The maximum absolute atomic E-state index is 5.91. The molecule has 0 fully saturated rings. The second-order valence-corrected chi connectivity index (χ2v) is 25.8. The Hall–Kier alpha value is 1.60. The quantitative estimate of drug-likeness (QED) is 0.389. The number of rotatable bonds is 3. The first-order chi connectivity index (χ1) is 5.60. The molecule has 0 saturated heterocycles. The van der Waals surface area contributed by atoms with Crippen LogP contribution in [0.2, 0.25) is 0 Å². The fourth-order valence-corrected chi connectivity index (χ4v) is 14.2. The molecular weight excluding hydrogens is 410 g/mol. The molecule has 0 saturated carbocycles. The van der Waals surface area contributed by atoms with Crippen molar-refractivity contribution in [3.05, 3.63) is 0 Å². The molecule has 0 atom stereocenters. The minimum atomic E-state index is -1.21. The summed E-state index contributed by atoms with van der Waals surface area (Å²) in [6, 6.07) is 0. The summed E-state index contributed by atoms with van der Waals surface area (Å²) in [7, 11) is -0.427. The summed E-state index contributed by atoms with van der Waals surface area (Å²) in [5, 5.41) is 0. The molecule has 0 aromatic carbocycles. The Morgan fingerprint density at radius 2 is 1.46 bits per heavy atom. The van der Waals surface area contributed by atoms with E-state index in [1.165, 1.54) is 0 Å². The van der Waals surface area contributed by atoms with Gasteiger partial charge in [0.1, 0.15) is 0 Å². The Kier molecular flexibility index (Phi) is 6.31. The summed E-state index contributed by atoms with van der Waals surface area (Å²) < 4.78 is 11.7. The van der Waals surface area contributed by atoms with Crippen molar-refractivity contribution in [2.75, 3.05) is 0 Å². The van der Waals surface area contributed by atoms with Crippen molar-refractivity contribution in [3.8, 4) is 0 Å². The molecule has 0 aliphatic rings. The third-order valence-electron chi connectivity index (χ3n) is 0.889. The van der Waals surface area contributed by atoms with Crippen LogP contribution in [0.25, 0.3) is 0 Å². The molecule has 13 heavy (non-hydrogen) atoms. The predicted octanol–water partition coefficient (Wildman–Crippen LogP) is 3.39. The molecule has 5 heteroatoms. The third kappa shape index (κ3) is 11.5. The monoisotopic (exact) mass is 430 g/mol. The standard InChI is InChI=1S/C8H20I2O2Si/c1-7(2,3)11-10(9)13-12-8(4,5)6/h13H2,1-6H3. The first-order valence-electron chi connectivity index (χ1n) is 4.26. The molecule has 0 unspecified atom stereocenters. The van der Waals surface area contributed by atoms with Crippen molar-refractivity contribution in [2.24, 2.45) is 0 Å². The van der Waals surface area contributed by atoms with Gasteiger partial charge in [-0.05, 0) is 0 Å². The third-order valence-corrected chi connectivity index (χ3v) is 12.8. The summed E-state index contributed by atoms with van der Waals surface area (Å²) in [4.78, 5) is 0. The van der Waals surface area contributed by atoms with Crippen LogP contribution in [0.1, 0.15) is 41.5 Å². The number of halogens is 2. The fourth-order valence-electron chi connectivity index (χ4n) is 0.480. The van der Waals surface area contributed by atoms with Crippen LogP contribution < -0.4 is 0 Å². The average molecular weight is 430 g/mol. The van der Waals surface area contributed by atoms with E-state index < -0.39 is 22.7 Å². The van der Waals surface area contributed by atoms with Gasteiger partial charge >= 0.3 is 102 Å². The maximum atomic E-state index is 5.91. The molecule has 0 heterocycles. The Morgan fingerprint density at radius 3 is 1.77 bits per heavy atom. The van der Waals surface area contributed by atoms with Gasteiger partial charge in [-0.1, -0.05) is 0 Å². The molecule has 0 bridgehead atoms. The van der Waals surface area contributed by atoms with Crippen molar-refractivity contribution in [1.82, 2.24) is 0 Å². The van der Waals surface area contributed by atoms with Gasteiger partial charge in [0.25, 0.3) is 0 Å². The van der Waals surface area contributed by atoms with Gasteiger partial charge in [-0.15, -0.1) is 0 Å². The molecule has 0 aliphatic carbocycles. The first kappa shape index (κ1) is 14.6. The van der Waals surface area contributed by atoms with Gasteiger partial charge in [-0.25, -0.2) is 0 Å². The van der Waals surface area contributed by atoms with Crippen LogP contribution >= 0.6 is 34.1 Å². The van der Waals surface area contributed by atoms with Gasteiger partial charge in [0.15, 0.2) is 0 Å². The zero-order valence-corrected chi connectivity index (χ0v) is 15.0. The van der Waals surface area contributed by atoms with E-state index in [1.54, 1.807) is 0 Å². The van der Waals surface area contributed by atoms with Crippen LogP contribution in [-0.4, -0.2) is 18.5 Å². The number of hydrogen-bond donors (Lipinski definition) is 0. The summed E-state index contributed by atoms with van der Waals surface area (Å²) >= 11 is 1.27. The molecule has 0 aromatic rings. The molecule has 0 aliphatic heterocycles. The van der Waals surface area contributed by atoms with Gasteiger partial charge in [0, 0.05) is 0 Å². The van der Waals surface area contributed by atoms with Gasteiger partial charge in [-0.2, -0.15) is 0 Å².